The van der Waals surface area contributed by atoms with Gasteiger partial charge in [0.2, 0.25) is 0 Å². The molecule has 2 N–H and O–H groups in total. The number of phenols is 1. The maximum atomic E-state index is 12.6. The van der Waals surface area contributed by atoms with Crippen LogP contribution < -0.4 is 5.32 Å². The van der Waals surface area contributed by atoms with Crippen molar-refractivity contribution in [3.63, 3.8) is 0 Å². The molecule has 1 saturated heterocycles. The van der Waals surface area contributed by atoms with Gasteiger partial charge in [-0.15, -0.1) is 0 Å². The van der Waals surface area contributed by atoms with Crippen molar-refractivity contribution < 1.29 is 14.7 Å². The molecular formula is C22H21ClN4O3. The Morgan fingerprint density at radius 1 is 1.10 bits per heavy atom. The first-order chi connectivity index (χ1) is 14.5. The van der Waals surface area contributed by atoms with Crippen LogP contribution in [0.25, 0.3) is 5.69 Å². The van der Waals surface area contributed by atoms with E-state index in [0.29, 0.717) is 42.2 Å². The lowest BCUT2D eigenvalue weighted by Gasteiger charge is -2.31. The number of Topliss-reactive ketones (excluding diaryl/α,β-unsaturated/α-hetero) is 1. The van der Waals surface area contributed by atoms with Gasteiger partial charge in [-0.2, -0.15) is 5.10 Å². The molecule has 0 aliphatic carbocycles. The summed E-state index contributed by atoms with van der Waals surface area (Å²) in [6.45, 7) is 0.999. The number of carbonyl (C=O) groups is 2. The van der Waals surface area contributed by atoms with Gasteiger partial charge in [0.25, 0.3) is 0 Å². The topological polar surface area (TPSA) is 87.5 Å². The molecule has 2 aromatic carbocycles. The highest BCUT2D eigenvalue weighted by Gasteiger charge is 2.28. The summed E-state index contributed by atoms with van der Waals surface area (Å²) in [6, 6.07) is 13.2. The van der Waals surface area contributed by atoms with E-state index in [2.05, 4.69) is 10.4 Å². The van der Waals surface area contributed by atoms with Crippen LogP contribution in [0.15, 0.2) is 60.9 Å². The fourth-order valence-electron chi connectivity index (χ4n) is 3.59. The molecule has 0 saturated carbocycles. The molecule has 1 aromatic heterocycles. The molecule has 0 radical (unpaired) electrons. The third kappa shape index (κ3) is 4.31. The van der Waals surface area contributed by atoms with E-state index in [1.165, 1.54) is 12.1 Å². The first-order valence-corrected chi connectivity index (χ1v) is 10.1. The molecule has 30 heavy (non-hydrogen) atoms. The van der Waals surface area contributed by atoms with Crippen LogP contribution in [-0.2, 0) is 0 Å². The van der Waals surface area contributed by atoms with E-state index >= 15 is 0 Å². The zero-order valence-corrected chi connectivity index (χ0v) is 16.9. The lowest BCUT2D eigenvalue weighted by Crippen LogP contribution is -2.42. The second-order valence-electron chi connectivity index (χ2n) is 7.22. The van der Waals surface area contributed by atoms with Crippen LogP contribution in [0.2, 0.25) is 5.02 Å². The molecule has 154 valence electrons. The van der Waals surface area contributed by atoms with Crippen molar-refractivity contribution in [1.29, 1.82) is 0 Å². The number of phenolic OH excluding ortho intramolecular Hbond substituents is 1. The summed E-state index contributed by atoms with van der Waals surface area (Å²) < 4.78 is 1.66. The van der Waals surface area contributed by atoms with E-state index in [9.17, 15) is 14.7 Å². The van der Waals surface area contributed by atoms with Crippen LogP contribution in [0.5, 0.6) is 5.75 Å². The Morgan fingerprint density at radius 3 is 2.47 bits per heavy atom. The number of likely N-dealkylation sites (tertiary alicyclic amines) is 1. The Hall–Kier alpha value is -3.32. The van der Waals surface area contributed by atoms with Crippen molar-refractivity contribution >= 4 is 29.1 Å². The SMILES string of the molecule is O=C(c1ccc(O)cc1)C1CCN(C(=O)Nc2ccc(-n3cccn3)c(Cl)c2)CC1. The number of urea groups is 1. The summed E-state index contributed by atoms with van der Waals surface area (Å²) in [5.41, 5.74) is 1.92. The molecule has 1 aliphatic heterocycles. The van der Waals surface area contributed by atoms with E-state index in [0.717, 1.165) is 5.69 Å². The Morgan fingerprint density at radius 2 is 1.83 bits per heavy atom. The monoisotopic (exact) mass is 424 g/mol. The first kappa shape index (κ1) is 20.0. The van der Waals surface area contributed by atoms with Gasteiger partial charge < -0.3 is 15.3 Å². The van der Waals surface area contributed by atoms with E-state index in [-0.39, 0.29) is 23.5 Å². The first-order valence-electron chi connectivity index (χ1n) is 9.70. The second-order valence-corrected chi connectivity index (χ2v) is 7.63. The van der Waals surface area contributed by atoms with Crippen LogP contribution in [0.4, 0.5) is 10.5 Å². The standard InChI is InChI=1S/C22H21ClN4O3/c23-19-14-17(4-7-20(19)27-11-1-10-24-27)25-22(30)26-12-8-16(9-13-26)21(29)15-2-5-18(28)6-3-15/h1-7,10-11,14,16,28H,8-9,12-13H2,(H,25,30). The summed E-state index contributed by atoms with van der Waals surface area (Å²) >= 11 is 6.33. The summed E-state index contributed by atoms with van der Waals surface area (Å²) in [6.07, 6.45) is 4.67. The van der Waals surface area contributed by atoms with Gasteiger partial charge in [0.1, 0.15) is 5.75 Å². The zero-order chi connectivity index (χ0) is 21.1. The number of hydrogen-bond acceptors (Lipinski definition) is 4. The molecule has 1 fully saturated rings. The molecule has 2 amide bonds. The molecule has 4 rings (SSSR count). The van der Waals surface area contributed by atoms with Gasteiger partial charge in [-0.05, 0) is 61.4 Å². The highest BCUT2D eigenvalue weighted by atomic mass is 35.5. The second kappa shape index (κ2) is 8.59. The van der Waals surface area contributed by atoms with Crippen molar-refractivity contribution in [2.45, 2.75) is 12.8 Å². The maximum absolute atomic E-state index is 12.6. The van der Waals surface area contributed by atoms with E-state index in [1.54, 1.807) is 52.3 Å². The minimum Gasteiger partial charge on any atom is -0.508 e. The van der Waals surface area contributed by atoms with Crippen LogP contribution >= 0.6 is 11.6 Å². The smallest absolute Gasteiger partial charge is 0.321 e. The number of anilines is 1. The van der Waals surface area contributed by atoms with Crippen LogP contribution in [0.1, 0.15) is 23.2 Å². The number of hydrogen-bond donors (Lipinski definition) is 2. The number of nitrogens with zero attached hydrogens (tertiary/aromatic N) is 3. The fourth-order valence-corrected chi connectivity index (χ4v) is 3.86. The number of aromatic hydroxyl groups is 1. The summed E-state index contributed by atoms with van der Waals surface area (Å²) in [5.74, 6) is 0.0632. The lowest BCUT2D eigenvalue weighted by molar-refractivity contribution is 0.0859. The molecule has 0 unspecified atom stereocenters. The average molecular weight is 425 g/mol. The van der Waals surface area contributed by atoms with Gasteiger partial charge in [0.15, 0.2) is 5.78 Å². The molecule has 8 heteroatoms. The molecule has 0 atom stereocenters. The van der Waals surface area contributed by atoms with Gasteiger partial charge in [-0.3, -0.25) is 4.79 Å². The van der Waals surface area contributed by atoms with Crippen molar-refractivity contribution in [1.82, 2.24) is 14.7 Å². The van der Waals surface area contributed by atoms with Gasteiger partial charge in [0.05, 0.1) is 10.7 Å². The number of nitrogens with one attached hydrogen (secondary N) is 1. The number of benzene rings is 2. The number of aromatic nitrogens is 2. The number of amides is 2. The number of carbonyl (C=O) groups excluding carboxylic acids is 2. The number of rotatable bonds is 4. The highest BCUT2D eigenvalue weighted by Crippen LogP contribution is 2.26. The van der Waals surface area contributed by atoms with Gasteiger partial charge in [0, 0.05) is 42.7 Å². The maximum Gasteiger partial charge on any atom is 0.321 e. The summed E-state index contributed by atoms with van der Waals surface area (Å²) in [5, 5.41) is 16.9. The molecule has 7 nitrogen and oxygen atoms in total. The molecule has 3 aromatic rings. The van der Waals surface area contributed by atoms with Crippen molar-refractivity contribution in [2.24, 2.45) is 5.92 Å². The predicted molar refractivity (Wildman–Crippen MR) is 114 cm³/mol. The summed E-state index contributed by atoms with van der Waals surface area (Å²) in [7, 11) is 0. The molecule has 0 spiro atoms. The Kier molecular flexibility index (Phi) is 5.72. The quantitative estimate of drug-likeness (QED) is 0.609. The largest absolute Gasteiger partial charge is 0.508 e. The van der Waals surface area contributed by atoms with E-state index in [4.69, 9.17) is 11.6 Å². The fraction of sp³-hybridized carbons (Fsp3) is 0.227. The van der Waals surface area contributed by atoms with Crippen molar-refractivity contribution in [3.05, 3.63) is 71.5 Å². The minimum atomic E-state index is -0.214. The number of halogens is 1. The van der Waals surface area contributed by atoms with E-state index < -0.39 is 0 Å². The lowest BCUT2D eigenvalue weighted by atomic mass is 9.89. The van der Waals surface area contributed by atoms with Crippen molar-refractivity contribution in [3.8, 4) is 11.4 Å². The molecule has 2 heterocycles. The molecule has 1 aliphatic rings. The predicted octanol–water partition coefficient (Wildman–Crippen LogP) is 4.36. The van der Waals surface area contributed by atoms with Gasteiger partial charge in [-0.1, -0.05) is 11.6 Å². The third-order valence-electron chi connectivity index (χ3n) is 5.25. The number of piperidine rings is 1. The van der Waals surface area contributed by atoms with Crippen LogP contribution in [0, 0.1) is 5.92 Å². The van der Waals surface area contributed by atoms with Crippen LogP contribution in [0.3, 0.4) is 0 Å². The van der Waals surface area contributed by atoms with Gasteiger partial charge >= 0.3 is 6.03 Å². The molecule has 0 bridgehead atoms. The Labute approximate surface area is 178 Å². The highest BCUT2D eigenvalue weighted by molar-refractivity contribution is 6.32. The Bertz CT molecular complexity index is 1040. The average Bonchev–Trinajstić information content (AvgIpc) is 3.28. The number of ketones is 1. The van der Waals surface area contributed by atoms with E-state index in [1.807, 2.05) is 6.07 Å². The van der Waals surface area contributed by atoms with Crippen molar-refractivity contribution in [2.75, 3.05) is 18.4 Å². The van der Waals surface area contributed by atoms with Crippen LogP contribution in [-0.4, -0.2) is 44.7 Å². The Balaban J connectivity index is 1.34. The zero-order valence-electron chi connectivity index (χ0n) is 16.2. The molecular weight excluding hydrogens is 404 g/mol. The minimum absolute atomic E-state index is 0.0519. The summed E-state index contributed by atoms with van der Waals surface area (Å²) in [4.78, 5) is 26.9. The third-order valence-corrected chi connectivity index (χ3v) is 5.56. The van der Waals surface area contributed by atoms with Gasteiger partial charge in [-0.25, -0.2) is 9.48 Å². The normalized spacial score (nSPS) is 14.5.